The molecule has 0 amide bonds. The summed E-state index contributed by atoms with van der Waals surface area (Å²) >= 11 is 0. The van der Waals surface area contributed by atoms with Crippen LogP contribution < -0.4 is 4.72 Å². The molecule has 0 aliphatic heterocycles. The van der Waals surface area contributed by atoms with E-state index in [0.29, 0.717) is 6.54 Å². The minimum absolute atomic E-state index is 0.117. The van der Waals surface area contributed by atoms with E-state index < -0.39 is 10.0 Å². The minimum atomic E-state index is -3.01. The zero-order valence-electron chi connectivity index (χ0n) is 8.96. The number of hydrogen-bond donors (Lipinski definition) is 1. The number of rotatable bonds is 5. The zero-order chi connectivity index (χ0) is 10.4. The Morgan fingerprint density at radius 2 is 1.86 bits per heavy atom. The molecular weight excluding hydrogens is 198 g/mol. The molecule has 1 N–H and O–H groups in total. The van der Waals surface area contributed by atoms with Crippen LogP contribution in [0.25, 0.3) is 0 Å². The summed E-state index contributed by atoms with van der Waals surface area (Å²) in [4.78, 5) is 0. The molecule has 1 aliphatic rings. The fourth-order valence-electron chi connectivity index (χ4n) is 1.88. The number of unbranched alkanes of at least 4 members (excludes halogenated alkanes) is 1. The lowest BCUT2D eigenvalue weighted by molar-refractivity contribution is 0.477. The largest absolute Gasteiger partial charge is 0.215 e. The number of nitrogens with one attached hydrogen (secondary N) is 1. The van der Waals surface area contributed by atoms with Gasteiger partial charge in [0, 0.05) is 6.54 Å². The minimum Gasteiger partial charge on any atom is -0.215 e. The van der Waals surface area contributed by atoms with Gasteiger partial charge in [-0.15, -0.1) is 0 Å². The maximum Gasteiger partial charge on any atom is 0.214 e. The summed E-state index contributed by atoms with van der Waals surface area (Å²) in [5, 5.41) is -0.117. The molecule has 0 spiro atoms. The smallest absolute Gasteiger partial charge is 0.214 e. The molecule has 0 unspecified atom stereocenters. The fraction of sp³-hybridized carbons (Fsp3) is 1.00. The Hall–Kier alpha value is -0.0900. The van der Waals surface area contributed by atoms with Crippen LogP contribution in [0.2, 0.25) is 0 Å². The first-order chi connectivity index (χ1) is 6.67. The van der Waals surface area contributed by atoms with Gasteiger partial charge in [-0.2, -0.15) is 0 Å². The van der Waals surface area contributed by atoms with Gasteiger partial charge in [0.25, 0.3) is 0 Å². The van der Waals surface area contributed by atoms with Gasteiger partial charge in [0.15, 0.2) is 0 Å². The van der Waals surface area contributed by atoms with Crippen molar-refractivity contribution in [3.05, 3.63) is 0 Å². The maximum atomic E-state index is 11.7. The van der Waals surface area contributed by atoms with Crippen molar-refractivity contribution < 1.29 is 8.42 Å². The van der Waals surface area contributed by atoms with Crippen molar-refractivity contribution in [2.45, 2.75) is 57.1 Å². The van der Waals surface area contributed by atoms with Crippen LogP contribution in [-0.4, -0.2) is 20.2 Å². The van der Waals surface area contributed by atoms with E-state index in [1.54, 1.807) is 0 Å². The SMILES string of the molecule is CCCCNS(=O)(=O)C1CCCCC1. The van der Waals surface area contributed by atoms with Gasteiger partial charge in [-0.05, 0) is 19.3 Å². The standard InChI is InChI=1S/C10H21NO2S/c1-2-3-9-11-14(12,13)10-7-5-4-6-8-10/h10-11H,2-9H2,1H3. The van der Waals surface area contributed by atoms with E-state index in [0.717, 1.165) is 38.5 Å². The van der Waals surface area contributed by atoms with Crippen LogP contribution >= 0.6 is 0 Å². The second-order valence-corrected chi connectivity index (χ2v) is 6.10. The first kappa shape index (κ1) is 12.0. The van der Waals surface area contributed by atoms with Gasteiger partial charge in [-0.1, -0.05) is 32.6 Å². The van der Waals surface area contributed by atoms with Crippen LogP contribution in [0.1, 0.15) is 51.9 Å². The third-order valence-electron chi connectivity index (χ3n) is 2.82. The molecule has 4 heteroatoms. The number of sulfonamides is 1. The van der Waals surface area contributed by atoms with E-state index in [4.69, 9.17) is 0 Å². The Morgan fingerprint density at radius 3 is 2.43 bits per heavy atom. The van der Waals surface area contributed by atoms with Crippen molar-refractivity contribution in [1.82, 2.24) is 4.72 Å². The summed E-state index contributed by atoms with van der Waals surface area (Å²) in [5.74, 6) is 0. The van der Waals surface area contributed by atoms with Crippen LogP contribution in [0.4, 0.5) is 0 Å². The number of hydrogen-bond acceptors (Lipinski definition) is 2. The van der Waals surface area contributed by atoms with Crippen molar-refractivity contribution in [2.75, 3.05) is 6.54 Å². The van der Waals surface area contributed by atoms with Gasteiger partial charge in [0.2, 0.25) is 10.0 Å². The molecule has 1 fully saturated rings. The average molecular weight is 219 g/mol. The molecule has 0 radical (unpaired) electrons. The second kappa shape index (κ2) is 5.71. The van der Waals surface area contributed by atoms with Crippen molar-refractivity contribution in [1.29, 1.82) is 0 Å². The van der Waals surface area contributed by atoms with E-state index in [1.807, 2.05) is 0 Å². The Labute approximate surface area is 87.3 Å². The molecule has 1 rings (SSSR count). The van der Waals surface area contributed by atoms with Gasteiger partial charge in [-0.3, -0.25) is 0 Å². The normalized spacial score (nSPS) is 19.8. The summed E-state index contributed by atoms with van der Waals surface area (Å²) in [6, 6.07) is 0. The quantitative estimate of drug-likeness (QED) is 0.719. The molecule has 1 aliphatic carbocycles. The fourth-order valence-corrected chi connectivity index (χ4v) is 3.50. The molecule has 0 atom stereocenters. The molecule has 0 bridgehead atoms. The second-order valence-electron chi connectivity index (χ2n) is 4.05. The lowest BCUT2D eigenvalue weighted by Gasteiger charge is -2.21. The van der Waals surface area contributed by atoms with E-state index >= 15 is 0 Å². The highest BCUT2D eigenvalue weighted by Crippen LogP contribution is 2.22. The highest BCUT2D eigenvalue weighted by atomic mass is 32.2. The summed E-state index contributed by atoms with van der Waals surface area (Å²) < 4.78 is 26.2. The molecule has 0 aromatic heterocycles. The third-order valence-corrected chi connectivity index (χ3v) is 4.78. The lowest BCUT2D eigenvalue weighted by atomic mass is 10.0. The van der Waals surface area contributed by atoms with E-state index in [-0.39, 0.29) is 5.25 Å². The van der Waals surface area contributed by atoms with E-state index in [1.165, 1.54) is 6.42 Å². The van der Waals surface area contributed by atoms with Crippen LogP contribution in [0.3, 0.4) is 0 Å². The first-order valence-electron chi connectivity index (χ1n) is 5.65. The highest BCUT2D eigenvalue weighted by molar-refractivity contribution is 7.90. The predicted octanol–water partition coefficient (Wildman–Crippen LogP) is 2.04. The average Bonchev–Trinajstić information content (AvgIpc) is 2.19. The predicted molar refractivity (Wildman–Crippen MR) is 58.7 cm³/mol. The molecule has 3 nitrogen and oxygen atoms in total. The van der Waals surface area contributed by atoms with Crippen molar-refractivity contribution >= 4 is 10.0 Å². The molecule has 14 heavy (non-hydrogen) atoms. The van der Waals surface area contributed by atoms with Gasteiger partial charge < -0.3 is 0 Å². The molecule has 0 saturated heterocycles. The van der Waals surface area contributed by atoms with Crippen molar-refractivity contribution in [2.24, 2.45) is 0 Å². The first-order valence-corrected chi connectivity index (χ1v) is 7.20. The van der Waals surface area contributed by atoms with Gasteiger partial charge in [0.1, 0.15) is 0 Å². The van der Waals surface area contributed by atoms with Gasteiger partial charge in [0.05, 0.1) is 5.25 Å². The Bertz CT molecular complexity index is 243. The van der Waals surface area contributed by atoms with Crippen LogP contribution in [0, 0.1) is 0 Å². The molecule has 0 heterocycles. The Morgan fingerprint density at radius 1 is 1.21 bits per heavy atom. The summed E-state index contributed by atoms with van der Waals surface area (Å²) in [5.41, 5.74) is 0. The molecule has 1 saturated carbocycles. The van der Waals surface area contributed by atoms with Crippen molar-refractivity contribution in [3.63, 3.8) is 0 Å². The monoisotopic (exact) mass is 219 g/mol. The van der Waals surface area contributed by atoms with Crippen LogP contribution in [-0.2, 0) is 10.0 Å². The molecule has 84 valence electrons. The molecular formula is C10H21NO2S. The van der Waals surface area contributed by atoms with E-state index in [2.05, 4.69) is 11.6 Å². The lowest BCUT2D eigenvalue weighted by Crippen LogP contribution is -2.36. The van der Waals surface area contributed by atoms with Crippen LogP contribution in [0.15, 0.2) is 0 Å². The summed E-state index contributed by atoms with van der Waals surface area (Å²) in [6.45, 7) is 2.67. The zero-order valence-corrected chi connectivity index (χ0v) is 9.78. The van der Waals surface area contributed by atoms with Gasteiger partial charge in [-0.25, -0.2) is 13.1 Å². The van der Waals surface area contributed by atoms with E-state index in [9.17, 15) is 8.42 Å². The Balaban J connectivity index is 2.38. The van der Waals surface area contributed by atoms with Crippen LogP contribution in [0.5, 0.6) is 0 Å². The summed E-state index contributed by atoms with van der Waals surface area (Å²) in [6.07, 6.45) is 7.00. The van der Waals surface area contributed by atoms with Gasteiger partial charge >= 0.3 is 0 Å². The third kappa shape index (κ3) is 3.58. The topological polar surface area (TPSA) is 46.2 Å². The maximum absolute atomic E-state index is 11.7. The highest BCUT2D eigenvalue weighted by Gasteiger charge is 2.26. The molecule has 0 aromatic carbocycles. The molecule has 0 aromatic rings. The van der Waals surface area contributed by atoms with Crippen molar-refractivity contribution in [3.8, 4) is 0 Å². The Kier molecular flexibility index (Phi) is 4.89. The summed E-state index contributed by atoms with van der Waals surface area (Å²) in [7, 11) is -3.01.